The number of ether oxygens (including phenoxy) is 4. The second kappa shape index (κ2) is 10.5. The normalized spacial score (nSPS) is 16.1. The third-order valence-electron chi connectivity index (χ3n) is 3.87. The SMILES string of the molecule is Cc1cc(Br)cc2c1OC(C(F)(F)F)C(C(=O)OC(C)OC(=O)OCCCO[N+](=O)[O-])=C2. The Kier molecular flexibility index (Phi) is 8.30. The van der Waals surface area contributed by atoms with Crippen molar-refractivity contribution in [3.05, 3.63) is 43.4 Å². The van der Waals surface area contributed by atoms with Crippen LogP contribution in [0.15, 0.2) is 22.2 Å². The molecule has 0 bridgehead atoms. The van der Waals surface area contributed by atoms with Gasteiger partial charge >= 0.3 is 18.3 Å². The molecule has 2 rings (SSSR count). The molecular formula is C18H17BrF3NO9. The van der Waals surface area contributed by atoms with Crippen molar-refractivity contribution in [1.29, 1.82) is 0 Å². The van der Waals surface area contributed by atoms with Crippen LogP contribution in [0.5, 0.6) is 5.75 Å². The van der Waals surface area contributed by atoms with Gasteiger partial charge in [0.1, 0.15) is 5.75 Å². The summed E-state index contributed by atoms with van der Waals surface area (Å²) in [5.41, 5.74) is -0.173. The molecule has 0 aromatic heterocycles. The number of carbonyl (C=O) groups is 2. The van der Waals surface area contributed by atoms with Crippen LogP contribution in [0.2, 0.25) is 0 Å². The molecule has 0 aliphatic carbocycles. The summed E-state index contributed by atoms with van der Waals surface area (Å²) >= 11 is 3.22. The summed E-state index contributed by atoms with van der Waals surface area (Å²) in [6.45, 7) is 2.03. The Morgan fingerprint density at radius 1 is 1.28 bits per heavy atom. The molecule has 32 heavy (non-hydrogen) atoms. The largest absolute Gasteiger partial charge is 0.511 e. The van der Waals surface area contributed by atoms with Crippen LogP contribution >= 0.6 is 15.9 Å². The highest BCUT2D eigenvalue weighted by atomic mass is 79.9. The van der Waals surface area contributed by atoms with Gasteiger partial charge in [0.2, 0.25) is 12.4 Å². The van der Waals surface area contributed by atoms with Crippen LogP contribution in [0, 0.1) is 17.0 Å². The summed E-state index contributed by atoms with van der Waals surface area (Å²) in [7, 11) is 0. The lowest BCUT2D eigenvalue weighted by Gasteiger charge is -2.29. The van der Waals surface area contributed by atoms with E-state index >= 15 is 0 Å². The highest BCUT2D eigenvalue weighted by Crippen LogP contribution is 2.40. The Balaban J connectivity index is 2.03. The number of aryl methyl sites for hydroxylation is 1. The highest BCUT2D eigenvalue weighted by molar-refractivity contribution is 9.10. The van der Waals surface area contributed by atoms with Crippen LogP contribution in [0.25, 0.3) is 6.08 Å². The lowest BCUT2D eigenvalue weighted by molar-refractivity contribution is -0.757. The second-order valence-corrected chi connectivity index (χ2v) is 7.30. The Morgan fingerprint density at radius 2 is 1.97 bits per heavy atom. The molecule has 2 atom stereocenters. The van der Waals surface area contributed by atoms with Gasteiger partial charge in [-0.2, -0.15) is 13.2 Å². The second-order valence-electron chi connectivity index (χ2n) is 6.38. The summed E-state index contributed by atoms with van der Waals surface area (Å²) in [4.78, 5) is 37.9. The van der Waals surface area contributed by atoms with Crippen molar-refractivity contribution in [2.75, 3.05) is 13.2 Å². The van der Waals surface area contributed by atoms with E-state index in [0.717, 1.165) is 13.0 Å². The number of halogens is 4. The number of alkyl halides is 3. The van der Waals surface area contributed by atoms with Crippen molar-refractivity contribution in [1.82, 2.24) is 0 Å². The van der Waals surface area contributed by atoms with Crippen molar-refractivity contribution in [3.63, 3.8) is 0 Å². The van der Waals surface area contributed by atoms with Gasteiger partial charge in [-0.15, -0.1) is 10.1 Å². The van der Waals surface area contributed by atoms with Crippen molar-refractivity contribution < 1.29 is 51.6 Å². The van der Waals surface area contributed by atoms with Gasteiger partial charge in [-0.25, -0.2) is 9.59 Å². The van der Waals surface area contributed by atoms with Crippen LogP contribution < -0.4 is 4.74 Å². The average Bonchev–Trinajstić information content (AvgIpc) is 2.65. The van der Waals surface area contributed by atoms with Crippen LogP contribution in [0.3, 0.4) is 0 Å². The van der Waals surface area contributed by atoms with Gasteiger partial charge in [0, 0.05) is 23.4 Å². The zero-order valence-corrected chi connectivity index (χ0v) is 18.2. The highest BCUT2D eigenvalue weighted by Gasteiger charge is 2.49. The molecule has 1 aromatic carbocycles. The predicted octanol–water partition coefficient (Wildman–Crippen LogP) is 4.11. The third kappa shape index (κ3) is 7.00. The van der Waals surface area contributed by atoms with Gasteiger partial charge in [-0.3, -0.25) is 0 Å². The van der Waals surface area contributed by atoms with Gasteiger partial charge in [0.25, 0.3) is 5.09 Å². The summed E-state index contributed by atoms with van der Waals surface area (Å²) in [6, 6.07) is 3.04. The van der Waals surface area contributed by atoms with Crippen molar-refractivity contribution in [3.8, 4) is 5.75 Å². The maximum absolute atomic E-state index is 13.5. The Labute approximate surface area is 187 Å². The van der Waals surface area contributed by atoms with Gasteiger partial charge < -0.3 is 23.8 Å². The van der Waals surface area contributed by atoms with E-state index in [2.05, 4.69) is 30.2 Å². The minimum Gasteiger partial charge on any atom is -0.475 e. The van der Waals surface area contributed by atoms with Crippen LogP contribution in [0.4, 0.5) is 18.0 Å². The third-order valence-corrected chi connectivity index (χ3v) is 4.33. The van der Waals surface area contributed by atoms with E-state index in [-0.39, 0.29) is 30.9 Å². The molecule has 0 saturated carbocycles. The molecule has 0 amide bonds. The minimum absolute atomic E-state index is 0.0177. The quantitative estimate of drug-likeness (QED) is 0.161. The first kappa shape index (κ1) is 25.2. The van der Waals surface area contributed by atoms with Gasteiger partial charge in [0.15, 0.2) is 0 Å². The number of carbonyl (C=O) groups excluding carboxylic acids is 2. The van der Waals surface area contributed by atoms with E-state index in [4.69, 9.17) is 9.47 Å². The number of hydrogen-bond acceptors (Lipinski definition) is 9. The van der Waals surface area contributed by atoms with Crippen LogP contribution in [-0.2, 0) is 23.8 Å². The van der Waals surface area contributed by atoms with E-state index < -0.39 is 41.4 Å². The first-order chi connectivity index (χ1) is 14.9. The first-order valence-electron chi connectivity index (χ1n) is 8.95. The number of nitrogens with zero attached hydrogens (tertiary/aromatic N) is 1. The van der Waals surface area contributed by atoms with Crippen molar-refractivity contribution in [2.24, 2.45) is 0 Å². The molecule has 1 aliphatic heterocycles. The van der Waals surface area contributed by atoms with E-state index in [1.165, 1.54) is 6.07 Å². The van der Waals surface area contributed by atoms with Gasteiger partial charge in [-0.1, -0.05) is 15.9 Å². The number of rotatable bonds is 8. The molecule has 1 aliphatic rings. The fourth-order valence-electron chi connectivity index (χ4n) is 2.62. The molecule has 2 unspecified atom stereocenters. The lowest BCUT2D eigenvalue weighted by atomic mass is 9.99. The molecular weight excluding hydrogens is 511 g/mol. The van der Waals surface area contributed by atoms with E-state index in [9.17, 15) is 32.9 Å². The molecule has 14 heteroatoms. The standard InChI is InChI=1S/C18H17BrF3NO9/c1-9-6-12(19)7-11-8-13(15(18(20,21)22)32-14(9)11)16(24)30-10(2)31-17(25)28-4-3-5-29-23(26)27/h6-8,10,15H,3-5H2,1-2H3. The minimum atomic E-state index is -4.92. The zero-order valence-electron chi connectivity index (χ0n) is 16.6. The maximum atomic E-state index is 13.5. The maximum Gasteiger partial charge on any atom is 0.511 e. The van der Waals surface area contributed by atoms with Crippen LogP contribution in [-0.4, -0.2) is 49.0 Å². The number of hydrogen-bond donors (Lipinski definition) is 0. The van der Waals surface area contributed by atoms with Crippen LogP contribution in [0.1, 0.15) is 24.5 Å². The molecule has 0 saturated heterocycles. The summed E-state index contributed by atoms with van der Waals surface area (Å²) in [5.74, 6) is -1.43. The summed E-state index contributed by atoms with van der Waals surface area (Å²) in [5, 5.41) is 8.96. The molecule has 1 heterocycles. The van der Waals surface area contributed by atoms with E-state index in [1.807, 2.05) is 0 Å². The summed E-state index contributed by atoms with van der Waals surface area (Å²) < 4.78 is 60.2. The molecule has 0 fully saturated rings. The fourth-order valence-corrected chi connectivity index (χ4v) is 3.21. The first-order valence-corrected chi connectivity index (χ1v) is 9.74. The van der Waals surface area contributed by atoms with Gasteiger partial charge in [0.05, 0.1) is 18.8 Å². The Morgan fingerprint density at radius 3 is 2.59 bits per heavy atom. The van der Waals surface area contributed by atoms with Gasteiger partial charge in [-0.05, 0) is 30.7 Å². The number of benzene rings is 1. The average molecular weight is 528 g/mol. The lowest BCUT2D eigenvalue weighted by Crippen LogP contribution is -2.41. The topological polar surface area (TPSA) is 123 Å². The smallest absolute Gasteiger partial charge is 0.475 e. The molecule has 0 radical (unpaired) electrons. The molecule has 176 valence electrons. The zero-order chi connectivity index (χ0) is 24.1. The Hall–Kier alpha value is -3.03. The molecule has 10 nitrogen and oxygen atoms in total. The van der Waals surface area contributed by atoms with Crippen molar-refractivity contribution in [2.45, 2.75) is 38.8 Å². The summed E-state index contributed by atoms with van der Waals surface area (Å²) in [6.07, 6.45) is -9.41. The Bertz CT molecular complexity index is 920. The van der Waals surface area contributed by atoms with Crippen molar-refractivity contribution >= 4 is 34.1 Å². The van der Waals surface area contributed by atoms with E-state index in [1.54, 1.807) is 13.0 Å². The monoisotopic (exact) mass is 527 g/mol. The predicted molar refractivity (Wildman–Crippen MR) is 103 cm³/mol. The number of esters is 1. The van der Waals surface area contributed by atoms with E-state index in [0.29, 0.717) is 10.0 Å². The molecule has 1 aromatic rings. The number of fused-ring (bicyclic) bond motifs is 1. The fraction of sp³-hybridized carbons (Fsp3) is 0.444. The molecule has 0 N–H and O–H groups in total. The molecule has 0 spiro atoms.